The van der Waals surface area contributed by atoms with Crippen LogP contribution < -0.4 is 0 Å². The number of carbonyl (C=O) groups excluding carboxylic acids is 1. The first-order valence-electron chi connectivity index (χ1n) is 7.11. The predicted octanol–water partition coefficient (Wildman–Crippen LogP) is 3.76. The van der Waals surface area contributed by atoms with Gasteiger partial charge in [-0.25, -0.2) is 4.79 Å². The topological polar surface area (TPSA) is 38.7 Å². The van der Waals surface area contributed by atoms with Gasteiger partial charge in [-0.2, -0.15) is 0 Å². The summed E-state index contributed by atoms with van der Waals surface area (Å²) >= 11 is 0. The molecule has 3 rings (SSSR count). The van der Waals surface area contributed by atoms with Gasteiger partial charge in [0, 0.05) is 0 Å². The zero-order valence-corrected chi connectivity index (χ0v) is 11.9. The molecule has 21 heavy (non-hydrogen) atoms. The number of carbonyl (C=O) groups is 1. The van der Waals surface area contributed by atoms with Gasteiger partial charge in [0.1, 0.15) is 0 Å². The van der Waals surface area contributed by atoms with Crippen molar-refractivity contribution in [1.29, 1.82) is 0 Å². The molecule has 3 nitrogen and oxygen atoms in total. The van der Waals surface area contributed by atoms with Crippen molar-refractivity contribution in [3.05, 3.63) is 71.8 Å². The van der Waals surface area contributed by atoms with E-state index < -0.39 is 0 Å². The maximum atomic E-state index is 12.0. The van der Waals surface area contributed by atoms with Crippen LogP contribution in [0.4, 0.5) is 0 Å². The van der Waals surface area contributed by atoms with E-state index in [1.165, 1.54) is 5.56 Å². The van der Waals surface area contributed by atoms with Gasteiger partial charge < -0.3 is 4.84 Å². The van der Waals surface area contributed by atoms with Crippen LogP contribution in [-0.4, -0.2) is 11.7 Å². The molecule has 0 radical (unpaired) electrons. The molecule has 2 atom stereocenters. The van der Waals surface area contributed by atoms with Gasteiger partial charge in [0.2, 0.25) is 0 Å². The minimum atomic E-state index is -0.237. The molecule has 0 amide bonds. The monoisotopic (exact) mass is 279 g/mol. The zero-order chi connectivity index (χ0) is 14.7. The maximum absolute atomic E-state index is 12.0. The van der Waals surface area contributed by atoms with Crippen molar-refractivity contribution < 1.29 is 9.63 Å². The van der Waals surface area contributed by atoms with Crippen LogP contribution in [0, 0.1) is 5.92 Å². The Hall–Kier alpha value is -2.42. The number of rotatable bonds is 4. The number of hydrogen-bond acceptors (Lipinski definition) is 3. The van der Waals surface area contributed by atoms with Gasteiger partial charge in [-0.15, -0.1) is 0 Å². The van der Waals surface area contributed by atoms with Gasteiger partial charge >= 0.3 is 5.97 Å². The SMILES string of the molecule is CC(=NOC(=O)[C@@H]1C[C@@H]1c1ccccc1)c1ccccc1. The third kappa shape index (κ3) is 3.19. The highest BCUT2D eigenvalue weighted by Crippen LogP contribution is 2.48. The number of hydrogen-bond donors (Lipinski definition) is 0. The molecule has 0 saturated heterocycles. The Morgan fingerprint density at radius 2 is 1.67 bits per heavy atom. The minimum Gasteiger partial charge on any atom is -0.318 e. The van der Waals surface area contributed by atoms with Crippen molar-refractivity contribution >= 4 is 11.7 Å². The summed E-state index contributed by atoms with van der Waals surface area (Å²) in [4.78, 5) is 17.1. The summed E-state index contributed by atoms with van der Waals surface area (Å²) in [6.45, 7) is 1.84. The lowest BCUT2D eigenvalue weighted by Gasteiger charge is -2.01. The van der Waals surface area contributed by atoms with Gasteiger partial charge in [0.05, 0.1) is 11.6 Å². The summed E-state index contributed by atoms with van der Waals surface area (Å²) in [6.07, 6.45) is 0.850. The van der Waals surface area contributed by atoms with Crippen molar-refractivity contribution in [2.24, 2.45) is 11.1 Å². The average Bonchev–Trinajstić information content (AvgIpc) is 3.35. The van der Waals surface area contributed by atoms with Gasteiger partial charge in [-0.1, -0.05) is 65.8 Å². The van der Waals surface area contributed by atoms with E-state index >= 15 is 0 Å². The van der Waals surface area contributed by atoms with Crippen LogP contribution in [0.5, 0.6) is 0 Å². The average molecular weight is 279 g/mol. The lowest BCUT2D eigenvalue weighted by atomic mass is 10.1. The van der Waals surface area contributed by atoms with Crippen molar-refractivity contribution in [2.45, 2.75) is 19.3 Å². The standard InChI is InChI=1S/C18H17NO2/c1-13(14-8-4-2-5-9-14)19-21-18(20)17-12-16(17)15-10-6-3-7-11-15/h2-11,16-17H,12H2,1H3/t16-,17-/m1/s1. The summed E-state index contributed by atoms with van der Waals surface area (Å²) in [6, 6.07) is 19.8. The molecule has 1 fully saturated rings. The normalized spacial score (nSPS) is 20.9. The highest BCUT2D eigenvalue weighted by atomic mass is 16.7. The van der Waals surface area contributed by atoms with Crippen LogP contribution in [0.15, 0.2) is 65.8 Å². The lowest BCUT2D eigenvalue weighted by molar-refractivity contribution is -0.145. The fourth-order valence-electron chi connectivity index (χ4n) is 2.44. The molecule has 0 spiro atoms. The van der Waals surface area contributed by atoms with Crippen LogP contribution >= 0.6 is 0 Å². The number of nitrogens with zero attached hydrogens (tertiary/aromatic N) is 1. The Morgan fingerprint density at radius 3 is 2.33 bits per heavy atom. The largest absolute Gasteiger partial charge is 0.338 e. The summed E-state index contributed by atoms with van der Waals surface area (Å²) in [5.74, 6) is -0.00945. The van der Waals surface area contributed by atoms with Gasteiger partial charge in [-0.05, 0) is 30.4 Å². The van der Waals surface area contributed by atoms with Crippen molar-refractivity contribution in [3.8, 4) is 0 Å². The Bertz CT molecular complexity index is 649. The van der Waals surface area contributed by atoms with Crippen LogP contribution in [0.25, 0.3) is 0 Å². The third-order valence-electron chi connectivity index (χ3n) is 3.79. The zero-order valence-electron chi connectivity index (χ0n) is 11.9. The van der Waals surface area contributed by atoms with Gasteiger partial charge in [-0.3, -0.25) is 0 Å². The summed E-state index contributed by atoms with van der Waals surface area (Å²) in [5, 5.41) is 3.95. The smallest absolute Gasteiger partial charge is 0.318 e. The molecule has 0 bridgehead atoms. The second-order valence-corrected chi connectivity index (χ2v) is 5.31. The fraction of sp³-hybridized carbons (Fsp3) is 0.222. The molecule has 0 aromatic heterocycles. The first-order chi connectivity index (χ1) is 10.3. The first kappa shape index (κ1) is 13.6. The Balaban J connectivity index is 1.59. The molecule has 1 saturated carbocycles. The summed E-state index contributed by atoms with van der Waals surface area (Å²) in [5.41, 5.74) is 2.87. The molecule has 1 aliphatic rings. The van der Waals surface area contributed by atoms with E-state index in [2.05, 4.69) is 17.3 Å². The highest BCUT2D eigenvalue weighted by molar-refractivity contribution is 5.98. The Labute approximate surface area is 124 Å². The highest BCUT2D eigenvalue weighted by Gasteiger charge is 2.45. The molecule has 106 valence electrons. The molecule has 3 heteroatoms. The lowest BCUT2D eigenvalue weighted by Crippen LogP contribution is -2.06. The van der Waals surface area contributed by atoms with E-state index in [0.29, 0.717) is 5.71 Å². The van der Waals surface area contributed by atoms with E-state index in [9.17, 15) is 4.79 Å². The predicted molar refractivity (Wildman–Crippen MR) is 82.0 cm³/mol. The molecule has 0 unspecified atom stereocenters. The molecule has 2 aromatic rings. The van der Waals surface area contributed by atoms with E-state index in [1.54, 1.807) is 0 Å². The minimum absolute atomic E-state index is 0.0558. The van der Waals surface area contributed by atoms with Crippen LogP contribution in [0.2, 0.25) is 0 Å². The third-order valence-corrected chi connectivity index (χ3v) is 3.79. The van der Waals surface area contributed by atoms with E-state index in [-0.39, 0.29) is 17.8 Å². The van der Waals surface area contributed by atoms with Gasteiger partial charge in [0.15, 0.2) is 0 Å². The van der Waals surface area contributed by atoms with Crippen LogP contribution in [0.1, 0.15) is 30.4 Å². The summed E-state index contributed by atoms with van der Waals surface area (Å²) in [7, 11) is 0. The second kappa shape index (κ2) is 5.92. The maximum Gasteiger partial charge on any atom is 0.338 e. The summed E-state index contributed by atoms with van der Waals surface area (Å²) < 4.78 is 0. The van der Waals surface area contributed by atoms with E-state index in [1.807, 2.05) is 55.5 Å². The quantitative estimate of drug-likeness (QED) is 0.485. The van der Waals surface area contributed by atoms with Gasteiger partial charge in [0.25, 0.3) is 0 Å². The molecular formula is C18H17NO2. The first-order valence-corrected chi connectivity index (χ1v) is 7.11. The van der Waals surface area contributed by atoms with E-state index in [0.717, 1.165) is 12.0 Å². The van der Waals surface area contributed by atoms with Crippen molar-refractivity contribution in [1.82, 2.24) is 0 Å². The number of benzene rings is 2. The molecule has 0 heterocycles. The van der Waals surface area contributed by atoms with E-state index in [4.69, 9.17) is 4.84 Å². The van der Waals surface area contributed by atoms with Crippen LogP contribution in [-0.2, 0) is 9.63 Å². The Kier molecular flexibility index (Phi) is 3.82. The Morgan fingerprint density at radius 1 is 1.05 bits per heavy atom. The second-order valence-electron chi connectivity index (χ2n) is 5.31. The number of oxime groups is 1. The molecule has 0 N–H and O–H groups in total. The molecule has 1 aliphatic carbocycles. The fourth-order valence-corrected chi connectivity index (χ4v) is 2.44. The van der Waals surface area contributed by atoms with Crippen molar-refractivity contribution in [2.75, 3.05) is 0 Å². The van der Waals surface area contributed by atoms with Crippen LogP contribution in [0.3, 0.4) is 0 Å². The molecular weight excluding hydrogens is 262 g/mol. The molecule has 2 aromatic carbocycles. The van der Waals surface area contributed by atoms with Crippen molar-refractivity contribution in [3.63, 3.8) is 0 Å². The molecule has 0 aliphatic heterocycles.